The summed E-state index contributed by atoms with van der Waals surface area (Å²) in [5.74, 6) is -0.411. The fourth-order valence-electron chi connectivity index (χ4n) is 2.65. The van der Waals surface area contributed by atoms with Gasteiger partial charge in [0.05, 0.1) is 5.41 Å². The van der Waals surface area contributed by atoms with Crippen molar-refractivity contribution in [2.75, 3.05) is 11.9 Å². The van der Waals surface area contributed by atoms with Crippen molar-refractivity contribution in [2.45, 2.75) is 32.6 Å². The zero-order valence-electron chi connectivity index (χ0n) is 11.0. The molecular formula is C14H20ClFN2O. The first kappa shape index (κ1) is 15.9. The molecule has 0 saturated heterocycles. The number of hydrogen-bond donors (Lipinski definition) is 2. The van der Waals surface area contributed by atoms with E-state index in [0.29, 0.717) is 12.2 Å². The predicted octanol–water partition coefficient (Wildman–Crippen LogP) is 3.01. The summed E-state index contributed by atoms with van der Waals surface area (Å²) >= 11 is 0. The maximum Gasteiger partial charge on any atom is 0.231 e. The summed E-state index contributed by atoms with van der Waals surface area (Å²) in [7, 11) is 0. The minimum Gasteiger partial charge on any atom is -0.329 e. The molecular weight excluding hydrogens is 267 g/mol. The second-order valence-corrected chi connectivity index (χ2v) is 5.16. The number of nitrogens with one attached hydrogen (secondary N) is 1. The first-order chi connectivity index (χ1) is 8.55. The zero-order valence-corrected chi connectivity index (χ0v) is 11.9. The smallest absolute Gasteiger partial charge is 0.231 e. The molecule has 1 aliphatic rings. The standard InChI is InChI=1S/C14H19FN2O.ClH/c1-10-6-11(15)8-12(7-10)17-13(18)14(9-16)4-2-3-5-14;/h6-8H,2-5,9,16H2,1H3,(H,17,18);1H. The fourth-order valence-corrected chi connectivity index (χ4v) is 2.65. The number of aryl methyl sites for hydroxylation is 1. The molecule has 3 nitrogen and oxygen atoms in total. The number of amides is 1. The van der Waals surface area contributed by atoms with Crippen LogP contribution in [-0.4, -0.2) is 12.5 Å². The van der Waals surface area contributed by atoms with Gasteiger partial charge in [-0.3, -0.25) is 4.79 Å². The van der Waals surface area contributed by atoms with Crippen molar-refractivity contribution in [2.24, 2.45) is 11.1 Å². The number of halogens is 2. The van der Waals surface area contributed by atoms with Gasteiger partial charge in [-0.15, -0.1) is 12.4 Å². The zero-order chi connectivity index (χ0) is 13.2. The van der Waals surface area contributed by atoms with Gasteiger partial charge in [0, 0.05) is 12.2 Å². The molecule has 1 amide bonds. The van der Waals surface area contributed by atoms with E-state index in [9.17, 15) is 9.18 Å². The molecule has 0 unspecified atom stereocenters. The van der Waals surface area contributed by atoms with Crippen LogP contribution in [0.2, 0.25) is 0 Å². The molecule has 0 radical (unpaired) electrons. The van der Waals surface area contributed by atoms with Crippen LogP contribution < -0.4 is 11.1 Å². The Kier molecular flexibility index (Phi) is 5.32. The lowest BCUT2D eigenvalue weighted by atomic mass is 9.85. The highest BCUT2D eigenvalue weighted by Crippen LogP contribution is 2.38. The summed E-state index contributed by atoms with van der Waals surface area (Å²) in [6.45, 7) is 2.15. The molecule has 0 bridgehead atoms. The van der Waals surface area contributed by atoms with Gasteiger partial charge in [-0.25, -0.2) is 4.39 Å². The highest BCUT2D eigenvalue weighted by Gasteiger charge is 2.39. The maximum absolute atomic E-state index is 13.3. The Morgan fingerprint density at radius 3 is 2.53 bits per heavy atom. The first-order valence-corrected chi connectivity index (χ1v) is 6.34. The van der Waals surface area contributed by atoms with E-state index < -0.39 is 5.41 Å². The van der Waals surface area contributed by atoms with Crippen LogP contribution in [0.25, 0.3) is 0 Å². The lowest BCUT2D eigenvalue weighted by Gasteiger charge is -2.25. The molecule has 5 heteroatoms. The topological polar surface area (TPSA) is 55.1 Å². The van der Waals surface area contributed by atoms with E-state index in [1.807, 2.05) is 0 Å². The van der Waals surface area contributed by atoms with Crippen LogP contribution in [0.5, 0.6) is 0 Å². The normalized spacial score (nSPS) is 16.8. The van der Waals surface area contributed by atoms with Crippen LogP contribution >= 0.6 is 12.4 Å². The van der Waals surface area contributed by atoms with Gasteiger partial charge in [0.15, 0.2) is 0 Å². The largest absolute Gasteiger partial charge is 0.329 e. The molecule has 1 aliphatic carbocycles. The monoisotopic (exact) mass is 286 g/mol. The van der Waals surface area contributed by atoms with Gasteiger partial charge in [-0.2, -0.15) is 0 Å². The molecule has 1 aromatic carbocycles. The van der Waals surface area contributed by atoms with E-state index >= 15 is 0 Å². The summed E-state index contributed by atoms with van der Waals surface area (Å²) < 4.78 is 13.3. The van der Waals surface area contributed by atoms with Crippen LogP contribution in [0.15, 0.2) is 18.2 Å². The molecule has 3 N–H and O–H groups in total. The van der Waals surface area contributed by atoms with Crippen LogP contribution in [0.4, 0.5) is 10.1 Å². The fraction of sp³-hybridized carbons (Fsp3) is 0.500. The molecule has 0 aliphatic heterocycles. The number of nitrogens with two attached hydrogens (primary N) is 1. The van der Waals surface area contributed by atoms with Gasteiger partial charge < -0.3 is 11.1 Å². The number of carbonyl (C=O) groups excluding carboxylic acids is 1. The summed E-state index contributed by atoms with van der Waals surface area (Å²) in [6.07, 6.45) is 3.72. The highest BCUT2D eigenvalue weighted by molar-refractivity contribution is 5.95. The minimum atomic E-state index is -0.458. The van der Waals surface area contributed by atoms with E-state index in [2.05, 4.69) is 5.32 Å². The molecule has 0 atom stereocenters. The molecule has 2 rings (SSSR count). The quantitative estimate of drug-likeness (QED) is 0.897. The number of carbonyl (C=O) groups is 1. The van der Waals surface area contributed by atoms with Gasteiger partial charge in [0.1, 0.15) is 5.82 Å². The van der Waals surface area contributed by atoms with Crippen molar-refractivity contribution in [1.82, 2.24) is 0 Å². The lowest BCUT2D eigenvalue weighted by Crippen LogP contribution is -2.40. The van der Waals surface area contributed by atoms with Crippen LogP contribution in [-0.2, 0) is 4.79 Å². The first-order valence-electron chi connectivity index (χ1n) is 6.34. The maximum atomic E-state index is 13.3. The molecule has 0 heterocycles. The second kappa shape index (κ2) is 6.35. The summed E-state index contributed by atoms with van der Waals surface area (Å²) in [6, 6.07) is 4.54. The van der Waals surface area contributed by atoms with E-state index in [4.69, 9.17) is 5.73 Å². The van der Waals surface area contributed by atoms with Gasteiger partial charge in [-0.05, 0) is 43.5 Å². The minimum absolute atomic E-state index is 0. The summed E-state index contributed by atoms with van der Waals surface area (Å²) in [5, 5.41) is 2.80. The van der Waals surface area contributed by atoms with Crippen LogP contribution in [0.3, 0.4) is 0 Å². The Bertz CT molecular complexity index is 439. The van der Waals surface area contributed by atoms with Crippen molar-refractivity contribution in [3.8, 4) is 0 Å². The SMILES string of the molecule is Cc1cc(F)cc(NC(=O)C2(CN)CCCC2)c1.Cl. The molecule has 1 saturated carbocycles. The molecule has 1 aromatic rings. The number of anilines is 1. The third-order valence-electron chi connectivity index (χ3n) is 3.73. The van der Waals surface area contributed by atoms with Gasteiger partial charge in [0.2, 0.25) is 5.91 Å². The Morgan fingerprint density at radius 2 is 2.00 bits per heavy atom. The number of hydrogen-bond acceptors (Lipinski definition) is 2. The number of benzene rings is 1. The van der Waals surface area contributed by atoms with Crippen LogP contribution in [0, 0.1) is 18.2 Å². The number of rotatable bonds is 3. The highest BCUT2D eigenvalue weighted by atomic mass is 35.5. The van der Waals surface area contributed by atoms with Crippen molar-refractivity contribution >= 4 is 24.0 Å². The van der Waals surface area contributed by atoms with Crippen molar-refractivity contribution in [3.63, 3.8) is 0 Å². The molecule has 1 fully saturated rings. The Morgan fingerprint density at radius 1 is 1.37 bits per heavy atom. The van der Waals surface area contributed by atoms with Crippen molar-refractivity contribution in [1.29, 1.82) is 0 Å². The second-order valence-electron chi connectivity index (χ2n) is 5.16. The summed E-state index contributed by atoms with van der Waals surface area (Å²) in [5.41, 5.74) is 6.59. The Hall–Kier alpha value is -1.13. The molecule has 106 valence electrons. The van der Waals surface area contributed by atoms with Gasteiger partial charge in [-0.1, -0.05) is 12.8 Å². The van der Waals surface area contributed by atoms with E-state index in [-0.39, 0.29) is 24.1 Å². The lowest BCUT2D eigenvalue weighted by molar-refractivity contribution is -0.124. The van der Waals surface area contributed by atoms with Crippen LogP contribution in [0.1, 0.15) is 31.2 Å². The third-order valence-corrected chi connectivity index (χ3v) is 3.73. The van der Waals surface area contributed by atoms with E-state index in [1.54, 1.807) is 13.0 Å². The van der Waals surface area contributed by atoms with Crippen molar-refractivity contribution < 1.29 is 9.18 Å². The van der Waals surface area contributed by atoms with Crippen molar-refractivity contribution in [3.05, 3.63) is 29.6 Å². The average Bonchev–Trinajstić information content (AvgIpc) is 2.77. The third kappa shape index (κ3) is 3.45. The van der Waals surface area contributed by atoms with E-state index in [0.717, 1.165) is 31.2 Å². The Balaban J connectivity index is 0.00000180. The predicted molar refractivity (Wildman–Crippen MR) is 77.0 cm³/mol. The van der Waals surface area contributed by atoms with Gasteiger partial charge >= 0.3 is 0 Å². The molecule has 0 aromatic heterocycles. The molecule has 19 heavy (non-hydrogen) atoms. The van der Waals surface area contributed by atoms with Gasteiger partial charge in [0.25, 0.3) is 0 Å². The van der Waals surface area contributed by atoms with E-state index in [1.165, 1.54) is 12.1 Å². The summed E-state index contributed by atoms with van der Waals surface area (Å²) in [4.78, 5) is 12.3. The average molecular weight is 287 g/mol. The molecule has 0 spiro atoms. The Labute approximate surface area is 119 Å².